The van der Waals surface area contributed by atoms with Crippen molar-refractivity contribution in [2.75, 3.05) is 6.54 Å². The van der Waals surface area contributed by atoms with Gasteiger partial charge in [0.2, 0.25) is 0 Å². The largest absolute Gasteiger partial charge is 0.351 e. The van der Waals surface area contributed by atoms with E-state index in [1.54, 1.807) is 12.4 Å². The quantitative estimate of drug-likeness (QED) is 0.784. The number of aromatic nitrogens is 3. The van der Waals surface area contributed by atoms with Crippen molar-refractivity contribution < 1.29 is 9.59 Å². The molecule has 0 saturated carbocycles. The van der Waals surface area contributed by atoms with Gasteiger partial charge in [-0.3, -0.25) is 14.6 Å². The minimum absolute atomic E-state index is 0.187. The van der Waals surface area contributed by atoms with E-state index in [2.05, 4.69) is 34.4 Å². The molecule has 0 aromatic carbocycles. The molecule has 2 aromatic heterocycles. The second-order valence-electron chi connectivity index (χ2n) is 7.32. The fourth-order valence-electron chi connectivity index (χ4n) is 3.22. The lowest BCUT2D eigenvalue weighted by Crippen LogP contribution is -2.27. The number of imidazole rings is 1. The third-order valence-electron chi connectivity index (χ3n) is 4.72. The first-order chi connectivity index (χ1) is 13.1. The smallest absolute Gasteiger partial charge is 0.287 e. The summed E-state index contributed by atoms with van der Waals surface area (Å²) in [6.07, 6.45) is 7.10. The number of nitrogens with zero attached hydrogens (tertiary/aromatic N) is 3. The second kappa shape index (κ2) is 8.79. The van der Waals surface area contributed by atoms with Crippen LogP contribution >= 0.6 is 0 Å². The van der Waals surface area contributed by atoms with Gasteiger partial charge in [-0.2, -0.15) is 0 Å². The summed E-state index contributed by atoms with van der Waals surface area (Å²) < 4.78 is 1.90. The van der Waals surface area contributed by atoms with Crippen LogP contribution in [-0.4, -0.2) is 32.9 Å². The predicted molar refractivity (Wildman–Crippen MR) is 102 cm³/mol. The summed E-state index contributed by atoms with van der Waals surface area (Å²) in [6, 6.07) is 3.74. The molecule has 3 heterocycles. The van der Waals surface area contributed by atoms with E-state index in [1.807, 2.05) is 16.7 Å². The van der Waals surface area contributed by atoms with Crippen LogP contribution < -0.4 is 10.6 Å². The Morgan fingerprint density at radius 1 is 1.22 bits per heavy atom. The maximum atomic E-state index is 12.7. The van der Waals surface area contributed by atoms with E-state index in [-0.39, 0.29) is 11.8 Å². The Morgan fingerprint density at radius 2 is 2.07 bits per heavy atom. The van der Waals surface area contributed by atoms with E-state index in [9.17, 15) is 9.59 Å². The van der Waals surface area contributed by atoms with Crippen molar-refractivity contribution in [1.29, 1.82) is 0 Å². The van der Waals surface area contributed by atoms with Crippen molar-refractivity contribution in [2.45, 2.75) is 52.6 Å². The molecule has 0 fully saturated rings. The highest BCUT2D eigenvalue weighted by atomic mass is 16.2. The molecule has 0 unspecified atom stereocenters. The molecule has 7 nitrogen and oxygen atoms in total. The summed E-state index contributed by atoms with van der Waals surface area (Å²) in [7, 11) is 0. The molecule has 0 saturated heterocycles. The summed E-state index contributed by atoms with van der Waals surface area (Å²) in [5.41, 5.74) is 2.18. The van der Waals surface area contributed by atoms with Gasteiger partial charge in [-0.15, -0.1) is 0 Å². The van der Waals surface area contributed by atoms with E-state index in [4.69, 9.17) is 0 Å². The highest BCUT2D eigenvalue weighted by Crippen LogP contribution is 2.21. The van der Waals surface area contributed by atoms with E-state index in [1.165, 1.54) is 0 Å². The van der Waals surface area contributed by atoms with Gasteiger partial charge < -0.3 is 15.2 Å². The average molecular weight is 369 g/mol. The third kappa shape index (κ3) is 4.72. The van der Waals surface area contributed by atoms with Gasteiger partial charge in [0, 0.05) is 32.0 Å². The lowest BCUT2D eigenvalue weighted by atomic mass is 10.1. The molecule has 0 aliphatic carbocycles. The van der Waals surface area contributed by atoms with Crippen LogP contribution in [0.25, 0.3) is 0 Å². The molecule has 0 radical (unpaired) electrons. The number of amides is 2. The number of fused-ring (bicyclic) bond motifs is 1. The first-order valence-corrected chi connectivity index (χ1v) is 9.61. The van der Waals surface area contributed by atoms with Crippen LogP contribution in [0.3, 0.4) is 0 Å². The van der Waals surface area contributed by atoms with Gasteiger partial charge >= 0.3 is 0 Å². The predicted octanol–water partition coefficient (Wildman–Crippen LogP) is 2.32. The number of rotatable bonds is 7. The van der Waals surface area contributed by atoms with Crippen molar-refractivity contribution in [3.8, 4) is 0 Å². The Morgan fingerprint density at radius 3 is 2.81 bits per heavy atom. The fraction of sp³-hybridized carbons (Fsp3) is 0.500. The van der Waals surface area contributed by atoms with Crippen LogP contribution in [0.4, 0.5) is 0 Å². The second-order valence-corrected chi connectivity index (χ2v) is 7.32. The summed E-state index contributed by atoms with van der Waals surface area (Å²) in [6.45, 7) is 5.96. The Labute approximate surface area is 159 Å². The Hall–Kier alpha value is -2.70. The molecule has 2 amide bonds. The van der Waals surface area contributed by atoms with Crippen LogP contribution in [0.5, 0.6) is 0 Å². The molecule has 1 aliphatic heterocycles. The number of hydrogen-bond donors (Lipinski definition) is 2. The van der Waals surface area contributed by atoms with Gasteiger partial charge in [0.1, 0.15) is 5.69 Å². The Bertz CT molecular complexity index is 798. The first-order valence-electron chi connectivity index (χ1n) is 9.61. The highest BCUT2D eigenvalue weighted by Gasteiger charge is 2.27. The lowest BCUT2D eigenvalue weighted by molar-refractivity contribution is 0.0935. The van der Waals surface area contributed by atoms with Crippen LogP contribution in [0.15, 0.2) is 24.5 Å². The van der Waals surface area contributed by atoms with Gasteiger partial charge in [-0.1, -0.05) is 19.9 Å². The monoisotopic (exact) mass is 369 g/mol. The molecule has 0 bridgehead atoms. The van der Waals surface area contributed by atoms with E-state index in [0.717, 1.165) is 43.5 Å². The zero-order valence-corrected chi connectivity index (χ0v) is 16.0. The number of pyridine rings is 1. The summed E-state index contributed by atoms with van der Waals surface area (Å²) in [4.78, 5) is 33.7. The van der Waals surface area contributed by atoms with Crippen molar-refractivity contribution in [2.24, 2.45) is 5.92 Å². The zero-order chi connectivity index (χ0) is 19.2. The third-order valence-corrected chi connectivity index (χ3v) is 4.72. The number of hydrogen-bond acceptors (Lipinski definition) is 4. The Balaban J connectivity index is 1.74. The molecular weight excluding hydrogens is 342 g/mol. The van der Waals surface area contributed by atoms with E-state index >= 15 is 0 Å². The number of carbonyl (C=O) groups excluding carboxylic acids is 2. The van der Waals surface area contributed by atoms with Crippen LogP contribution in [0.1, 0.15) is 65.5 Å². The molecule has 7 heteroatoms. The minimum Gasteiger partial charge on any atom is -0.351 e. The molecule has 2 N–H and O–H groups in total. The average Bonchev–Trinajstić information content (AvgIpc) is 3.06. The molecule has 0 atom stereocenters. The maximum Gasteiger partial charge on any atom is 0.287 e. The summed E-state index contributed by atoms with van der Waals surface area (Å²) >= 11 is 0. The van der Waals surface area contributed by atoms with Crippen LogP contribution in [0, 0.1) is 5.92 Å². The van der Waals surface area contributed by atoms with Crippen molar-refractivity contribution in [3.63, 3.8) is 0 Å². The molecule has 1 aliphatic rings. The molecule has 3 rings (SSSR count). The van der Waals surface area contributed by atoms with Crippen molar-refractivity contribution in [1.82, 2.24) is 25.2 Å². The van der Waals surface area contributed by atoms with Crippen molar-refractivity contribution >= 4 is 11.8 Å². The normalized spacial score (nSPS) is 13.3. The van der Waals surface area contributed by atoms with Gasteiger partial charge in [0.25, 0.3) is 11.8 Å². The van der Waals surface area contributed by atoms with Crippen LogP contribution in [-0.2, 0) is 19.5 Å². The van der Waals surface area contributed by atoms with Crippen molar-refractivity contribution in [3.05, 3.63) is 47.3 Å². The first kappa shape index (κ1) is 19.1. The number of nitrogens with one attached hydrogen (secondary N) is 2. The van der Waals surface area contributed by atoms with E-state index < -0.39 is 0 Å². The Kier molecular flexibility index (Phi) is 6.21. The molecule has 27 heavy (non-hydrogen) atoms. The standard InChI is InChI=1S/C20H27N5O2/c1-14(2)8-10-22-19(26)17-16-7-3-4-11-25(16)18(24-17)20(27)23-13-15-6-5-9-21-12-15/h5-6,9,12,14H,3-4,7-8,10-11,13H2,1-2H3,(H,22,26)(H,23,27). The summed E-state index contributed by atoms with van der Waals surface area (Å²) in [5.74, 6) is 0.397. The van der Waals surface area contributed by atoms with E-state index in [0.29, 0.717) is 30.5 Å². The lowest BCUT2D eigenvalue weighted by Gasteiger charge is -2.17. The molecule has 0 spiro atoms. The molecule has 144 valence electrons. The van der Waals surface area contributed by atoms with Gasteiger partial charge in [0.05, 0.1) is 5.69 Å². The zero-order valence-electron chi connectivity index (χ0n) is 16.0. The fourth-order valence-corrected chi connectivity index (χ4v) is 3.22. The minimum atomic E-state index is -0.261. The number of carbonyl (C=O) groups is 2. The van der Waals surface area contributed by atoms with Crippen LogP contribution in [0.2, 0.25) is 0 Å². The summed E-state index contributed by atoms with van der Waals surface area (Å²) in [5, 5.41) is 5.82. The topological polar surface area (TPSA) is 88.9 Å². The van der Waals surface area contributed by atoms with Gasteiger partial charge in [-0.25, -0.2) is 4.98 Å². The molecule has 2 aromatic rings. The molecular formula is C20H27N5O2. The highest BCUT2D eigenvalue weighted by molar-refractivity contribution is 5.97. The van der Waals surface area contributed by atoms with Gasteiger partial charge in [-0.05, 0) is 43.2 Å². The maximum absolute atomic E-state index is 12.7. The SMILES string of the molecule is CC(C)CCNC(=O)c1nc(C(=O)NCc2cccnc2)n2c1CCCC2. The van der Waals surface area contributed by atoms with Gasteiger partial charge in [0.15, 0.2) is 5.82 Å².